The molecule has 0 aliphatic carbocycles. The van der Waals surface area contributed by atoms with Crippen LogP contribution in [0.25, 0.3) is 0 Å². The fourth-order valence-corrected chi connectivity index (χ4v) is 0.804. The Morgan fingerprint density at radius 3 is 2.00 bits per heavy atom. The molecule has 4 N–H and O–H groups in total. The maximum Gasteiger partial charge on any atom is 0.314 e. The lowest BCUT2D eigenvalue weighted by molar-refractivity contribution is -0.393. The summed E-state index contributed by atoms with van der Waals surface area (Å²) in [5, 5.41) is 20.5. The van der Waals surface area contributed by atoms with Crippen LogP contribution in [0, 0.1) is 20.2 Å². The second-order valence-corrected chi connectivity index (χ2v) is 3.49. The van der Waals surface area contributed by atoms with Gasteiger partial charge in [0.05, 0.1) is 15.9 Å². The molecule has 0 aliphatic heterocycles. The van der Waals surface area contributed by atoms with E-state index in [2.05, 4.69) is 0 Å². The molecule has 0 saturated heterocycles. The minimum Gasteiger partial charge on any atom is -0.393 e. The van der Waals surface area contributed by atoms with E-state index in [1.807, 2.05) is 0 Å². The average molecular weight is 271 g/mol. The summed E-state index contributed by atoms with van der Waals surface area (Å²) in [4.78, 5) is 30.2. The van der Waals surface area contributed by atoms with Crippen LogP contribution in [-0.4, -0.2) is 34.9 Å². The Morgan fingerprint density at radius 2 is 1.68 bits per heavy atom. The Bertz CT molecular complexity index is 502. The molecule has 1 rings (SSSR count). The number of primary amides is 1. The molecular formula is C9H13N5O5. The number of anilines is 1. The third-order valence-corrected chi connectivity index (χ3v) is 1.86. The number of carbonyl (C=O) groups excluding carboxylic acids is 1. The first-order chi connectivity index (χ1) is 8.66. The number of nitro groups is 2. The minimum absolute atomic E-state index is 0.0874. The summed E-state index contributed by atoms with van der Waals surface area (Å²) in [7, 11) is 3.20. The third-order valence-electron chi connectivity index (χ3n) is 1.86. The number of nitrogens with zero attached hydrogens (tertiary/aromatic N) is 3. The van der Waals surface area contributed by atoms with E-state index in [9.17, 15) is 25.0 Å². The molecule has 0 radical (unpaired) electrons. The van der Waals surface area contributed by atoms with Gasteiger partial charge in [-0.05, 0) is 6.07 Å². The summed E-state index contributed by atoms with van der Waals surface area (Å²) in [6.45, 7) is 0. The summed E-state index contributed by atoms with van der Waals surface area (Å²) >= 11 is 0. The van der Waals surface area contributed by atoms with Crippen LogP contribution in [0.15, 0.2) is 18.2 Å². The van der Waals surface area contributed by atoms with Crippen molar-refractivity contribution in [2.24, 2.45) is 5.73 Å². The molecule has 0 bridgehead atoms. The lowest BCUT2D eigenvalue weighted by atomic mass is 10.2. The molecule has 0 unspecified atom stereocenters. The zero-order valence-electron chi connectivity index (χ0n) is 10.3. The molecule has 0 atom stereocenters. The molecule has 0 saturated carbocycles. The Morgan fingerprint density at radius 1 is 1.21 bits per heavy atom. The second-order valence-electron chi connectivity index (χ2n) is 3.49. The van der Waals surface area contributed by atoms with Crippen LogP contribution in [0.3, 0.4) is 0 Å². The van der Waals surface area contributed by atoms with Crippen LogP contribution in [0.5, 0.6) is 0 Å². The number of nitrogens with two attached hydrogens (primary N) is 2. The van der Waals surface area contributed by atoms with Gasteiger partial charge in [-0.2, -0.15) is 0 Å². The zero-order chi connectivity index (χ0) is 15.2. The normalized spacial score (nSPS) is 8.95. The number of hydrogen-bond acceptors (Lipinski definition) is 6. The van der Waals surface area contributed by atoms with Crippen molar-refractivity contribution in [3.8, 4) is 0 Å². The van der Waals surface area contributed by atoms with E-state index in [0.29, 0.717) is 0 Å². The van der Waals surface area contributed by atoms with Crippen LogP contribution in [0.4, 0.5) is 21.9 Å². The number of hydrogen-bond donors (Lipinski definition) is 2. The SMILES string of the molecule is CN(C)C(N)=O.Nc1ccc([N+](=O)[O-])cc1[N+](=O)[O-]. The lowest BCUT2D eigenvalue weighted by Crippen LogP contribution is -2.27. The monoisotopic (exact) mass is 271 g/mol. The van der Waals surface area contributed by atoms with Gasteiger partial charge in [0.25, 0.3) is 11.4 Å². The average Bonchev–Trinajstić information content (AvgIpc) is 2.29. The standard InChI is InChI=1S/C6H5N3O4.C3H8N2O/c7-5-2-1-4(8(10)11)3-6(5)9(12)13;1-5(2)3(4)6/h1-3H,7H2;1-2H3,(H2,4,6). The molecule has 104 valence electrons. The minimum atomic E-state index is -0.762. The van der Waals surface area contributed by atoms with Crippen molar-refractivity contribution in [3.05, 3.63) is 38.4 Å². The number of amides is 2. The predicted molar refractivity (Wildman–Crippen MR) is 67.4 cm³/mol. The smallest absolute Gasteiger partial charge is 0.314 e. The number of benzene rings is 1. The van der Waals surface area contributed by atoms with Crippen LogP contribution in [0.2, 0.25) is 0 Å². The Labute approximate surface area is 107 Å². The first-order valence-corrected chi connectivity index (χ1v) is 4.82. The van der Waals surface area contributed by atoms with Gasteiger partial charge in [-0.15, -0.1) is 0 Å². The van der Waals surface area contributed by atoms with Crippen molar-refractivity contribution in [1.29, 1.82) is 0 Å². The van der Waals surface area contributed by atoms with Crippen LogP contribution >= 0.6 is 0 Å². The van der Waals surface area contributed by atoms with Crippen molar-refractivity contribution < 1.29 is 14.6 Å². The maximum atomic E-state index is 10.3. The Kier molecular flexibility index (Phi) is 5.70. The highest BCUT2D eigenvalue weighted by Crippen LogP contribution is 2.25. The van der Waals surface area contributed by atoms with Crippen LogP contribution < -0.4 is 11.5 Å². The first kappa shape index (κ1) is 16.1. The van der Waals surface area contributed by atoms with E-state index in [0.717, 1.165) is 18.2 Å². The van der Waals surface area contributed by atoms with E-state index in [1.165, 1.54) is 4.90 Å². The van der Waals surface area contributed by atoms with Crippen molar-refractivity contribution >= 4 is 23.1 Å². The summed E-state index contributed by atoms with van der Waals surface area (Å²) < 4.78 is 0. The highest BCUT2D eigenvalue weighted by molar-refractivity contribution is 5.71. The van der Waals surface area contributed by atoms with E-state index in [-0.39, 0.29) is 11.4 Å². The van der Waals surface area contributed by atoms with E-state index >= 15 is 0 Å². The van der Waals surface area contributed by atoms with Gasteiger partial charge < -0.3 is 16.4 Å². The molecule has 1 aromatic rings. The molecular weight excluding hydrogens is 258 g/mol. The third kappa shape index (κ3) is 5.30. The molecule has 0 heterocycles. The summed E-state index contributed by atoms with van der Waals surface area (Å²) in [5.74, 6) is 0. The number of carbonyl (C=O) groups is 1. The number of urea groups is 1. The van der Waals surface area contributed by atoms with Gasteiger partial charge in [-0.25, -0.2) is 4.79 Å². The number of rotatable bonds is 2. The quantitative estimate of drug-likeness (QED) is 0.457. The number of nitrogen functional groups attached to an aromatic ring is 1. The highest BCUT2D eigenvalue weighted by atomic mass is 16.6. The molecule has 10 nitrogen and oxygen atoms in total. The lowest BCUT2D eigenvalue weighted by Gasteiger charge is -2.01. The van der Waals surface area contributed by atoms with Gasteiger partial charge in [0.1, 0.15) is 5.69 Å². The van der Waals surface area contributed by atoms with E-state index < -0.39 is 21.6 Å². The van der Waals surface area contributed by atoms with Crippen LogP contribution in [-0.2, 0) is 0 Å². The van der Waals surface area contributed by atoms with Crippen molar-refractivity contribution in [3.63, 3.8) is 0 Å². The Hall–Kier alpha value is -2.91. The fraction of sp³-hybridized carbons (Fsp3) is 0.222. The van der Waals surface area contributed by atoms with Gasteiger partial charge in [0.2, 0.25) is 0 Å². The summed E-state index contributed by atoms with van der Waals surface area (Å²) in [6, 6.07) is 2.67. The summed E-state index contributed by atoms with van der Waals surface area (Å²) in [5.41, 5.74) is 9.06. The van der Waals surface area contributed by atoms with E-state index in [4.69, 9.17) is 11.5 Å². The van der Waals surface area contributed by atoms with Crippen molar-refractivity contribution in [1.82, 2.24) is 4.90 Å². The molecule has 10 heteroatoms. The zero-order valence-corrected chi connectivity index (χ0v) is 10.3. The van der Waals surface area contributed by atoms with Crippen molar-refractivity contribution in [2.75, 3.05) is 19.8 Å². The largest absolute Gasteiger partial charge is 0.393 e. The first-order valence-electron chi connectivity index (χ1n) is 4.82. The molecule has 0 fully saturated rings. The molecule has 0 aliphatic rings. The summed E-state index contributed by atoms with van der Waals surface area (Å²) in [6.07, 6.45) is 0. The number of non-ortho nitro benzene ring substituents is 1. The van der Waals surface area contributed by atoms with Gasteiger partial charge in [0, 0.05) is 20.2 Å². The number of nitro benzene ring substituents is 2. The topological polar surface area (TPSA) is 159 Å². The predicted octanol–water partition coefficient (Wildman–Crippen LogP) is 0.712. The van der Waals surface area contributed by atoms with Gasteiger partial charge in [-0.3, -0.25) is 20.2 Å². The Balaban J connectivity index is 0.000000459. The second kappa shape index (κ2) is 6.74. The molecule has 2 amide bonds. The molecule has 0 aromatic heterocycles. The van der Waals surface area contributed by atoms with Gasteiger partial charge in [-0.1, -0.05) is 0 Å². The fourth-order valence-electron chi connectivity index (χ4n) is 0.804. The maximum absolute atomic E-state index is 10.3. The van der Waals surface area contributed by atoms with E-state index in [1.54, 1.807) is 14.1 Å². The van der Waals surface area contributed by atoms with Gasteiger partial charge >= 0.3 is 6.03 Å². The highest BCUT2D eigenvalue weighted by Gasteiger charge is 2.16. The van der Waals surface area contributed by atoms with Crippen LogP contribution in [0.1, 0.15) is 0 Å². The van der Waals surface area contributed by atoms with Gasteiger partial charge in [0.15, 0.2) is 0 Å². The van der Waals surface area contributed by atoms with Crippen molar-refractivity contribution in [2.45, 2.75) is 0 Å². The molecule has 19 heavy (non-hydrogen) atoms. The molecule has 0 spiro atoms. The molecule has 1 aromatic carbocycles.